The van der Waals surface area contributed by atoms with Gasteiger partial charge in [-0.05, 0) is 58.6 Å². The van der Waals surface area contributed by atoms with Crippen LogP contribution in [0.2, 0.25) is 0 Å². The molecule has 0 aliphatic heterocycles. The molecule has 2 aromatic rings. The fourth-order valence-corrected chi connectivity index (χ4v) is 3.43. The number of benzene rings is 1. The Kier molecular flexibility index (Phi) is 6.43. The Morgan fingerprint density at radius 2 is 1.77 bits per heavy atom. The fraction of sp³-hybridized carbons (Fsp3) is 0.545. The van der Waals surface area contributed by atoms with Crippen molar-refractivity contribution in [3.63, 3.8) is 0 Å². The van der Waals surface area contributed by atoms with E-state index in [4.69, 9.17) is 9.47 Å². The number of aromatic nitrogens is 2. The summed E-state index contributed by atoms with van der Waals surface area (Å²) in [5.41, 5.74) is -0.822. The van der Waals surface area contributed by atoms with Crippen LogP contribution in [0.3, 0.4) is 0 Å². The van der Waals surface area contributed by atoms with Gasteiger partial charge in [-0.1, -0.05) is 12.5 Å². The van der Waals surface area contributed by atoms with Gasteiger partial charge in [0.1, 0.15) is 23.0 Å². The Morgan fingerprint density at radius 1 is 1.07 bits per heavy atom. The van der Waals surface area contributed by atoms with Crippen molar-refractivity contribution in [1.29, 1.82) is 0 Å². The van der Waals surface area contributed by atoms with Crippen LogP contribution >= 0.6 is 0 Å². The molecule has 1 aromatic carbocycles. The van der Waals surface area contributed by atoms with Gasteiger partial charge in [0.2, 0.25) is 0 Å². The fourth-order valence-electron chi connectivity index (χ4n) is 3.43. The Balaban J connectivity index is 1.93. The summed E-state index contributed by atoms with van der Waals surface area (Å²) >= 11 is 0. The molecule has 8 heteroatoms. The maximum absolute atomic E-state index is 13.6. The van der Waals surface area contributed by atoms with Gasteiger partial charge in [0.25, 0.3) is 0 Å². The highest BCUT2D eigenvalue weighted by Gasteiger charge is 2.37. The first-order valence-electron chi connectivity index (χ1n) is 10.2. The third kappa shape index (κ3) is 5.77. The summed E-state index contributed by atoms with van der Waals surface area (Å²) in [7, 11) is 1.54. The molecule has 0 spiro atoms. The molecule has 0 saturated heterocycles. The molecule has 0 amide bonds. The van der Waals surface area contributed by atoms with Crippen molar-refractivity contribution in [3.05, 3.63) is 36.0 Å². The van der Waals surface area contributed by atoms with Crippen molar-refractivity contribution in [1.82, 2.24) is 9.97 Å². The highest BCUT2D eigenvalue weighted by Crippen LogP contribution is 2.38. The number of anilines is 2. The van der Waals surface area contributed by atoms with Crippen molar-refractivity contribution in [2.24, 2.45) is 0 Å². The van der Waals surface area contributed by atoms with Gasteiger partial charge < -0.3 is 14.4 Å². The zero-order chi connectivity index (χ0) is 21.9. The van der Waals surface area contributed by atoms with Crippen molar-refractivity contribution in [2.45, 2.75) is 70.8 Å². The van der Waals surface area contributed by atoms with Gasteiger partial charge in [0.15, 0.2) is 5.82 Å². The predicted octanol–water partition coefficient (Wildman–Crippen LogP) is 6.15. The molecule has 30 heavy (non-hydrogen) atoms. The van der Waals surface area contributed by atoms with E-state index < -0.39 is 17.3 Å². The van der Waals surface area contributed by atoms with Crippen molar-refractivity contribution >= 4 is 11.5 Å². The molecule has 0 radical (unpaired) electrons. The minimum absolute atomic E-state index is 0.0288. The second kappa shape index (κ2) is 8.70. The predicted molar refractivity (Wildman–Crippen MR) is 109 cm³/mol. The first kappa shape index (κ1) is 22.2. The minimum atomic E-state index is -4.59. The summed E-state index contributed by atoms with van der Waals surface area (Å²) in [5, 5.41) is 0. The normalized spacial score (nSPS) is 15.7. The van der Waals surface area contributed by atoms with Crippen LogP contribution in [0.5, 0.6) is 11.8 Å². The molecule has 164 valence electrons. The van der Waals surface area contributed by atoms with E-state index >= 15 is 0 Å². The van der Waals surface area contributed by atoms with E-state index in [1.54, 1.807) is 24.3 Å². The average Bonchev–Trinajstić information content (AvgIpc) is 2.66. The van der Waals surface area contributed by atoms with E-state index in [1.165, 1.54) is 11.9 Å². The summed E-state index contributed by atoms with van der Waals surface area (Å²) in [6.45, 7) is 5.72. The number of halogens is 3. The maximum atomic E-state index is 13.6. The molecule has 0 bridgehead atoms. The van der Waals surface area contributed by atoms with Crippen LogP contribution in [0.25, 0.3) is 0 Å². The first-order chi connectivity index (χ1) is 14.0. The molecule has 1 heterocycles. The molecule has 1 aliphatic rings. The minimum Gasteiger partial charge on any atom is -0.488 e. The number of ether oxygens (including phenoxy) is 2. The van der Waals surface area contributed by atoms with Crippen LogP contribution in [-0.2, 0) is 6.18 Å². The van der Waals surface area contributed by atoms with E-state index in [2.05, 4.69) is 9.97 Å². The lowest BCUT2D eigenvalue weighted by molar-refractivity contribution is -0.137. The van der Waals surface area contributed by atoms with Gasteiger partial charge >= 0.3 is 12.2 Å². The standard InChI is InChI=1S/C22H28F3N3O2/c1-21(2,3)30-17-12-8-9-15(13-17)28(4)19-18(22(23,24)25)14-26-20(27-19)29-16-10-6-5-7-11-16/h8-9,12-14,16H,5-7,10-11H2,1-4H3. The quantitative estimate of drug-likeness (QED) is 0.577. The summed E-state index contributed by atoms with van der Waals surface area (Å²) in [4.78, 5) is 9.37. The van der Waals surface area contributed by atoms with E-state index in [1.807, 2.05) is 20.8 Å². The van der Waals surface area contributed by atoms with E-state index in [9.17, 15) is 13.2 Å². The molecule has 1 saturated carbocycles. The van der Waals surface area contributed by atoms with Crippen LogP contribution in [0.1, 0.15) is 58.4 Å². The van der Waals surface area contributed by atoms with Gasteiger partial charge in [-0.3, -0.25) is 0 Å². The molecule has 0 atom stereocenters. The summed E-state index contributed by atoms with van der Waals surface area (Å²) in [6.07, 6.45) is 1.10. The molecule has 1 aromatic heterocycles. The van der Waals surface area contributed by atoms with Gasteiger partial charge in [-0.15, -0.1) is 0 Å². The molecular weight excluding hydrogens is 395 g/mol. The number of hydrogen-bond acceptors (Lipinski definition) is 5. The van der Waals surface area contributed by atoms with Crippen LogP contribution in [-0.4, -0.2) is 28.7 Å². The molecule has 0 unspecified atom stereocenters. The molecule has 1 fully saturated rings. The van der Waals surface area contributed by atoms with Gasteiger partial charge in [0, 0.05) is 25.0 Å². The monoisotopic (exact) mass is 423 g/mol. The lowest BCUT2D eigenvalue weighted by Gasteiger charge is -2.26. The average molecular weight is 423 g/mol. The van der Waals surface area contributed by atoms with Crippen LogP contribution in [0.15, 0.2) is 30.5 Å². The zero-order valence-corrected chi connectivity index (χ0v) is 17.8. The van der Waals surface area contributed by atoms with Crippen LogP contribution in [0, 0.1) is 0 Å². The van der Waals surface area contributed by atoms with Crippen LogP contribution in [0.4, 0.5) is 24.7 Å². The maximum Gasteiger partial charge on any atom is 0.421 e. The third-order valence-electron chi connectivity index (χ3n) is 4.82. The topological polar surface area (TPSA) is 47.5 Å². The lowest BCUT2D eigenvalue weighted by Crippen LogP contribution is -2.24. The molecule has 5 nitrogen and oxygen atoms in total. The second-order valence-electron chi connectivity index (χ2n) is 8.54. The van der Waals surface area contributed by atoms with Gasteiger partial charge in [-0.2, -0.15) is 18.2 Å². The Labute approximate surface area is 175 Å². The van der Waals surface area contributed by atoms with E-state index in [-0.39, 0.29) is 17.9 Å². The van der Waals surface area contributed by atoms with Crippen LogP contribution < -0.4 is 14.4 Å². The van der Waals surface area contributed by atoms with Gasteiger partial charge in [-0.25, -0.2) is 4.98 Å². The molecule has 3 rings (SSSR count). The molecule has 0 N–H and O–H groups in total. The zero-order valence-electron chi connectivity index (χ0n) is 17.8. The Morgan fingerprint density at radius 3 is 2.40 bits per heavy atom. The summed E-state index contributed by atoms with van der Waals surface area (Å²) < 4.78 is 52.6. The van der Waals surface area contributed by atoms with E-state index in [0.717, 1.165) is 38.3 Å². The second-order valence-corrected chi connectivity index (χ2v) is 8.54. The summed E-state index contributed by atoms with van der Waals surface area (Å²) in [5.74, 6) is 0.310. The third-order valence-corrected chi connectivity index (χ3v) is 4.82. The Hall–Kier alpha value is -2.51. The summed E-state index contributed by atoms with van der Waals surface area (Å²) in [6, 6.07) is 6.87. The number of rotatable bonds is 5. The molecule has 1 aliphatic carbocycles. The largest absolute Gasteiger partial charge is 0.488 e. The number of alkyl halides is 3. The first-order valence-corrected chi connectivity index (χ1v) is 10.2. The highest BCUT2D eigenvalue weighted by molar-refractivity contribution is 5.64. The SMILES string of the molecule is CN(c1cccc(OC(C)(C)C)c1)c1nc(OC2CCCCC2)ncc1C(F)(F)F. The Bertz CT molecular complexity index is 859. The van der Waals surface area contributed by atoms with Crippen molar-refractivity contribution in [3.8, 4) is 11.8 Å². The van der Waals surface area contributed by atoms with Gasteiger partial charge in [0.05, 0.1) is 0 Å². The highest BCUT2D eigenvalue weighted by atomic mass is 19.4. The smallest absolute Gasteiger partial charge is 0.421 e. The van der Waals surface area contributed by atoms with E-state index in [0.29, 0.717) is 11.4 Å². The molecular formula is C22H28F3N3O2. The van der Waals surface area contributed by atoms with Crippen molar-refractivity contribution < 1.29 is 22.6 Å². The lowest BCUT2D eigenvalue weighted by atomic mass is 9.98. The number of nitrogens with zero attached hydrogens (tertiary/aromatic N) is 3. The van der Waals surface area contributed by atoms with Crippen molar-refractivity contribution in [2.75, 3.05) is 11.9 Å². The number of hydrogen-bond donors (Lipinski definition) is 0.